The van der Waals surface area contributed by atoms with Crippen LogP contribution < -0.4 is 15.0 Å². The summed E-state index contributed by atoms with van der Waals surface area (Å²) in [7, 11) is 1.62. The van der Waals surface area contributed by atoms with Crippen molar-refractivity contribution in [2.45, 2.75) is 18.4 Å². The van der Waals surface area contributed by atoms with Crippen LogP contribution in [0.5, 0.6) is 5.88 Å². The highest BCUT2D eigenvalue weighted by atomic mass is 16.5. The Kier molecular flexibility index (Phi) is 4.40. The van der Waals surface area contributed by atoms with Gasteiger partial charge in [-0.25, -0.2) is 15.0 Å². The molecule has 0 saturated carbocycles. The van der Waals surface area contributed by atoms with E-state index in [0.717, 1.165) is 50.7 Å². The molecule has 2 aromatic rings. The summed E-state index contributed by atoms with van der Waals surface area (Å²) in [5.74, 6) is 2.98. The maximum absolute atomic E-state index is 6.14. The third-order valence-corrected chi connectivity index (χ3v) is 5.14. The summed E-state index contributed by atoms with van der Waals surface area (Å²) < 4.78 is 11.3. The minimum absolute atomic E-state index is 0.0377. The monoisotopic (exact) mass is 341 g/mol. The third kappa shape index (κ3) is 3.24. The number of methoxy groups -OCH3 is 1. The smallest absolute Gasteiger partial charge is 0.218 e. The molecular formula is C18H23N5O2. The number of aromatic nitrogens is 3. The van der Waals surface area contributed by atoms with Gasteiger partial charge < -0.3 is 19.7 Å². The Morgan fingerprint density at radius 1 is 1.32 bits per heavy atom. The van der Waals surface area contributed by atoms with Gasteiger partial charge in [-0.15, -0.1) is 0 Å². The molecular weight excluding hydrogens is 318 g/mol. The Hall–Kier alpha value is -2.41. The molecule has 4 heterocycles. The van der Waals surface area contributed by atoms with E-state index < -0.39 is 0 Å². The predicted molar refractivity (Wildman–Crippen MR) is 94.9 cm³/mol. The van der Waals surface area contributed by atoms with Crippen molar-refractivity contribution >= 4 is 11.6 Å². The fourth-order valence-corrected chi connectivity index (χ4v) is 3.76. The number of nitrogens with zero attached hydrogens (tertiary/aromatic N) is 4. The summed E-state index contributed by atoms with van der Waals surface area (Å²) >= 11 is 0. The first-order valence-corrected chi connectivity index (χ1v) is 8.69. The minimum atomic E-state index is -0.0377. The molecule has 132 valence electrons. The second-order valence-corrected chi connectivity index (χ2v) is 6.60. The Labute approximate surface area is 147 Å². The molecule has 2 aromatic heterocycles. The number of pyridine rings is 1. The average molecular weight is 341 g/mol. The lowest BCUT2D eigenvalue weighted by molar-refractivity contribution is -0.0450. The minimum Gasteiger partial charge on any atom is -0.481 e. The lowest BCUT2D eigenvalue weighted by Crippen LogP contribution is -2.65. The van der Waals surface area contributed by atoms with Crippen molar-refractivity contribution in [3.05, 3.63) is 36.8 Å². The van der Waals surface area contributed by atoms with Gasteiger partial charge in [-0.3, -0.25) is 0 Å². The molecule has 2 saturated heterocycles. The van der Waals surface area contributed by atoms with Crippen LogP contribution in [0.15, 0.2) is 36.8 Å². The Balaban J connectivity index is 1.33. The van der Waals surface area contributed by atoms with Crippen molar-refractivity contribution in [1.82, 2.24) is 15.0 Å². The number of nitrogens with one attached hydrogen (secondary N) is 1. The maximum atomic E-state index is 6.14. The highest BCUT2D eigenvalue weighted by Crippen LogP contribution is 2.43. The highest BCUT2D eigenvalue weighted by Gasteiger charge is 2.53. The molecule has 0 aliphatic carbocycles. The van der Waals surface area contributed by atoms with Crippen LogP contribution in [0.1, 0.15) is 12.8 Å². The molecule has 0 bridgehead atoms. The first-order valence-electron chi connectivity index (χ1n) is 8.69. The lowest BCUT2D eigenvalue weighted by atomic mass is 9.79. The Morgan fingerprint density at radius 3 is 3.04 bits per heavy atom. The standard InChI is InChI=1S/C18H23N5O2/c1-24-17-10-16(21-13-22-17)23-11-18(12-23)14(6-9-25-18)5-8-20-15-4-2-3-7-19-15/h2-4,7,10,13-14H,5-6,8-9,11-12H2,1H3,(H,19,20). The molecule has 0 radical (unpaired) electrons. The van der Waals surface area contributed by atoms with Crippen molar-refractivity contribution in [3.63, 3.8) is 0 Å². The quantitative estimate of drug-likeness (QED) is 0.861. The molecule has 1 atom stereocenters. The SMILES string of the molecule is COc1cc(N2CC3(C2)OCCC3CCNc2ccccn2)ncn1. The van der Waals surface area contributed by atoms with Crippen LogP contribution in [-0.2, 0) is 4.74 Å². The zero-order valence-electron chi connectivity index (χ0n) is 14.4. The fourth-order valence-electron chi connectivity index (χ4n) is 3.76. The molecule has 7 heteroatoms. The number of hydrogen-bond acceptors (Lipinski definition) is 7. The highest BCUT2D eigenvalue weighted by molar-refractivity contribution is 5.46. The summed E-state index contributed by atoms with van der Waals surface area (Å²) in [5.41, 5.74) is -0.0377. The molecule has 7 nitrogen and oxygen atoms in total. The summed E-state index contributed by atoms with van der Waals surface area (Å²) in [4.78, 5) is 15.0. The molecule has 1 unspecified atom stereocenters. The first kappa shape index (κ1) is 16.1. The first-order chi connectivity index (χ1) is 12.3. The molecule has 2 aliphatic rings. The lowest BCUT2D eigenvalue weighted by Gasteiger charge is -2.50. The van der Waals surface area contributed by atoms with E-state index in [4.69, 9.17) is 9.47 Å². The molecule has 1 N–H and O–H groups in total. The predicted octanol–water partition coefficient (Wildman–Crippen LogP) is 1.98. The maximum Gasteiger partial charge on any atom is 0.218 e. The van der Waals surface area contributed by atoms with E-state index in [0.29, 0.717) is 11.8 Å². The van der Waals surface area contributed by atoms with Gasteiger partial charge in [-0.1, -0.05) is 6.07 Å². The van der Waals surface area contributed by atoms with Crippen molar-refractivity contribution in [2.24, 2.45) is 5.92 Å². The molecule has 4 rings (SSSR count). The number of ether oxygens (including phenoxy) is 2. The van der Waals surface area contributed by atoms with Crippen LogP contribution >= 0.6 is 0 Å². The number of hydrogen-bond donors (Lipinski definition) is 1. The number of anilines is 2. The normalized spacial score (nSPS) is 21.2. The summed E-state index contributed by atoms with van der Waals surface area (Å²) in [6.45, 7) is 3.51. The van der Waals surface area contributed by atoms with Gasteiger partial charge >= 0.3 is 0 Å². The zero-order chi connectivity index (χ0) is 17.1. The Bertz CT molecular complexity index is 706. The van der Waals surface area contributed by atoms with Crippen molar-refractivity contribution < 1.29 is 9.47 Å². The van der Waals surface area contributed by atoms with E-state index in [1.165, 1.54) is 0 Å². The summed E-state index contributed by atoms with van der Waals surface area (Å²) in [6, 6.07) is 7.79. The van der Waals surface area contributed by atoms with Crippen molar-refractivity contribution in [1.29, 1.82) is 0 Å². The van der Waals surface area contributed by atoms with Crippen molar-refractivity contribution in [3.8, 4) is 5.88 Å². The van der Waals surface area contributed by atoms with Gasteiger partial charge in [0.15, 0.2) is 0 Å². The molecule has 2 aliphatic heterocycles. The van der Waals surface area contributed by atoms with Crippen LogP contribution in [0, 0.1) is 5.92 Å². The van der Waals surface area contributed by atoms with Crippen molar-refractivity contribution in [2.75, 3.05) is 43.6 Å². The molecule has 0 amide bonds. The second kappa shape index (κ2) is 6.84. The molecule has 25 heavy (non-hydrogen) atoms. The van der Waals surface area contributed by atoms with Gasteiger partial charge in [-0.2, -0.15) is 0 Å². The largest absolute Gasteiger partial charge is 0.481 e. The van der Waals surface area contributed by atoms with Crippen LogP contribution in [0.4, 0.5) is 11.6 Å². The average Bonchev–Trinajstić information content (AvgIpc) is 3.05. The van der Waals surface area contributed by atoms with E-state index in [1.807, 2.05) is 30.5 Å². The van der Waals surface area contributed by atoms with Gasteiger partial charge in [0, 0.05) is 25.4 Å². The van der Waals surface area contributed by atoms with Gasteiger partial charge in [0.05, 0.1) is 20.2 Å². The van der Waals surface area contributed by atoms with Crippen LogP contribution in [0.2, 0.25) is 0 Å². The van der Waals surface area contributed by atoms with Gasteiger partial charge in [0.1, 0.15) is 23.6 Å². The van der Waals surface area contributed by atoms with Crippen LogP contribution in [0.3, 0.4) is 0 Å². The van der Waals surface area contributed by atoms with Gasteiger partial charge in [0.2, 0.25) is 5.88 Å². The van der Waals surface area contributed by atoms with E-state index in [9.17, 15) is 0 Å². The second-order valence-electron chi connectivity index (χ2n) is 6.60. The molecule has 2 fully saturated rings. The van der Waals surface area contributed by atoms with Crippen LogP contribution in [-0.4, -0.2) is 53.9 Å². The molecule has 1 spiro atoms. The molecule has 0 aromatic carbocycles. The van der Waals surface area contributed by atoms with Gasteiger partial charge in [0.25, 0.3) is 0 Å². The van der Waals surface area contributed by atoms with E-state index in [-0.39, 0.29) is 5.60 Å². The summed E-state index contributed by atoms with van der Waals surface area (Å²) in [5, 5.41) is 3.40. The summed E-state index contributed by atoms with van der Waals surface area (Å²) in [6.07, 6.45) is 5.55. The van der Waals surface area contributed by atoms with E-state index >= 15 is 0 Å². The fraction of sp³-hybridized carbons (Fsp3) is 0.500. The number of rotatable bonds is 6. The Morgan fingerprint density at radius 2 is 2.24 bits per heavy atom. The van der Waals surface area contributed by atoms with E-state index in [1.54, 1.807) is 13.4 Å². The topological polar surface area (TPSA) is 72.4 Å². The van der Waals surface area contributed by atoms with E-state index in [2.05, 4.69) is 25.2 Å². The van der Waals surface area contributed by atoms with Crippen LogP contribution in [0.25, 0.3) is 0 Å². The van der Waals surface area contributed by atoms with Gasteiger partial charge in [-0.05, 0) is 30.9 Å². The third-order valence-electron chi connectivity index (χ3n) is 5.14. The zero-order valence-corrected chi connectivity index (χ0v) is 14.4.